The van der Waals surface area contributed by atoms with Crippen LogP contribution in [0.5, 0.6) is 0 Å². The van der Waals surface area contributed by atoms with Crippen molar-refractivity contribution in [3.8, 4) is 11.3 Å². The standard InChI is InChI=1S/C22H23ClN2OS/c1-13(2)20(16-7-9-18(23)10-8-16)21(26)25-22-24-19(12-27-22)17-6-5-14(3)15(4)11-17/h5-13,20H,1-4H3,(H,24,25,26)/t20-/m0/s1. The minimum Gasteiger partial charge on any atom is -0.301 e. The number of nitrogens with one attached hydrogen (secondary N) is 1. The van der Waals surface area contributed by atoms with Crippen LogP contribution in [0.15, 0.2) is 47.8 Å². The molecule has 27 heavy (non-hydrogen) atoms. The molecule has 140 valence electrons. The number of aromatic nitrogens is 1. The van der Waals surface area contributed by atoms with Crippen LogP contribution in [-0.4, -0.2) is 10.9 Å². The van der Waals surface area contributed by atoms with Crippen LogP contribution in [0.25, 0.3) is 11.3 Å². The van der Waals surface area contributed by atoms with E-state index in [9.17, 15) is 4.79 Å². The van der Waals surface area contributed by atoms with Gasteiger partial charge in [-0.25, -0.2) is 4.98 Å². The molecule has 0 radical (unpaired) electrons. The first-order chi connectivity index (χ1) is 12.8. The van der Waals surface area contributed by atoms with Crippen LogP contribution in [0.2, 0.25) is 5.02 Å². The number of hydrogen-bond acceptors (Lipinski definition) is 3. The van der Waals surface area contributed by atoms with Crippen molar-refractivity contribution in [2.24, 2.45) is 5.92 Å². The summed E-state index contributed by atoms with van der Waals surface area (Å²) in [5.74, 6) is -0.144. The average Bonchev–Trinajstić information content (AvgIpc) is 3.07. The molecule has 1 amide bonds. The van der Waals surface area contributed by atoms with Gasteiger partial charge in [-0.2, -0.15) is 0 Å². The largest absolute Gasteiger partial charge is 0.301 e. The number of aryl methyl sites for hydroxylation is 2. The van der Waals surface area contributed by atoms with Crippen molar-refractivity contribution in [1.82, 2.24) is 4.98 Å². The molecule has 5 heteroatoms. The second-order valence-corrected chi connectivity index (χ2v) is 8.39. The smallest absolute Gasteiger partial charge is 0.233 e. The summed E-state index contributed by atoms with van der Waals surface area (Å²) in [6.07, 6.45) is 0. The van der Waals surface area contributed by atoms with Crippen molar-refractivity contribution in [3.05, 3.63) is 69.6 Å². The van der Waals surface area contributed by atoms with E-state index < -0.39 is 0 Å². The van der Waals surface area contributed by atoms with E-state index in [1.165, 1.54) is 22.5 Å². The topological polar surface area (TPSA) is 42.0 Å². The predicted molar refractivity (Wildman–Crippen MR) is 115 cm³/mol. The SMILES string of the molecule is Cc1ccc(-c2csc(NC(=O)[C@H](c3ccc(Cl)cc3)C(C)C)n2)cc1C. The monoisotopic (exact) mass is 398 g/mol. The molecular formula is C22H23ClN2OS. The lowest BCUT2D eigenvalue weighted by Crippen LogP contribution is -2.25. The zero-order chi connectivity index (χ0) is 19.6. The van der Waals surface area contributed by atoms with E-state index in [-0.39, 0.29) is 17.7 Å². The van der Waals surface area contributed by atoms with Crippen LogP contribution in [0.4, 0.5) is 5.13 Å². The van der Waals surface area contributed by atoms with Gasteiger partial charge in [0.15, 0.2) is 5.13 Å². The van der Waals surface area contributed by atoms with Crippen LogP contribution >= 0.6 is 22.9 Å². The Balaban J connectivity index is 1.79. The summed E-state index contributed by atoms with van der Waals surface area (Å²) in [7, 11) is 0. The molecule has 0 fully saturated rings. The first-order valence-corrected chi connectivity index (χ1v) is 10.2. The van der Waals surface area contributed by atoms with Gasteiger partial charge in [-0.15, -0.1) is 11.3 Å². The molecule has 3 nitrogen and oxygen atoms in total. The maximum absolute atomic E-state index is 12.9. The summed E-state index contributed by atoms with van der Waals surface area (Å²) in [6.45, 7) is 8.27. The number of anilines is 1. The molecule has 0 aliphatic rings. The molecule has 0 saturated carbocycles. The quantitative estimate of drug-likeness (QED) is 0.535. The summed E-state index contributed by atoms with van der Waals surface area (Å²) in [4.78, 5) is 17.5. The number of carbonyl (C=O) groups excluding carboxylic acids is 1. The highest BCUT2D eigenvalue weighted by Gasteiger charge is 2.25. The van der Waals surface area contributed by atoms with Crippen LogP contribution in [-0.2, 0) is 4.79 Å². The van der Waals surface area contributed by atoms with Crippen LogP contribution in [0.1, 0.15) is 36.5 Å². The first kappa shape index (κ1) is 19.6. The lowest BCUT2D eigenvalue weighted by atomic mass is 9.88. The van der Waals surface area contributed by atoms with E-state index in [0.717, 1.165) is 16.8 Å². The van der Waals surface area contributed by atoms with E-state index in [1.807, 2.05) is 43.5 Å². The van der Waals surface area contributed by atoms with E-state index >= 15 is 0 Å². The Hall–Kier alpha value is -2.17. The second kappa shape index (κ2) is 8.24. The third-order valence-electron chi connectivity index (χ3n) is 4.72. The van der Waals surface area contributed by atoms with Gasteiger partial charge in [-0.3, -0.25) is 4.79 Å². The number of nitrogens with zero attached hydrogens (tertiary/aromatic N) is 1. The lowest BCUT2D eigenvalue weighted by molar-refractivity contribution is -0.118. The van der Waals surface area contributed by atoms with Crippen molar-refractivity contribution in [2.75, 3.05) is 5.32 Å². The number of benzene rings is 2. The minimum absolute atomic E-state index is 0.0479. The molecule has 1 heterocycles. The molecule has 1 atom stereocenters. The van der Waals surface area contributed by atoms with Gasteiger partial charge in [0.25, 0.3) is 0 Å². The number of thiazole rings is 1. The van der Waals surface area contributed by atoms with E-state index in [4.69, 9.17) is 11.6 Å². The summed E-state index contributed by atoms with van der Waals surface area (Å²) in [5, 5.41) is 6.25. The molecule has 1 N–H and O–H groups in total. The zero-order valence-corrected chi connectivity index (χ0v) is 17.5. The minimum atomic E-state index is -0.253. The Morgan fingerprint density at radius 2 is 1.78 bits per heavy atom. The van der Waals surface area contributed by atoms with Gasteiger partial charge >= 0.3 is 0 Å². The Morgan fingerprint density at radius 3 is 2.41 bits per heavy atom. The molecule has 3 rings (SSSR count). The van der Waals surface area contributed by atoms with Gasteiger partial charge < -0.3 is 5.32 Å². The van der Waals surface area contributed by atoms with Crippen molar-refractivity contribution in [1.29, 1.82) is 0 Å². The lowest BCUT2D eigenvalue weighted by Gasteiger charge is -2.20. The average molecular weight is 399 g/mol. The zero-order valence-electron chi connectivity index (χ0n) is 15.9. The molecule has 0 saturated heterocycles. The molecule has 1 aromatic heterocycles. The van der Waals surface area contributed by atoms with Crippen LogP contribution < -0.4 is 5.32 Å². The van der Waals surface area contributed by atoms with Gasteiger partial charge in [0.1, 0.15) is 0 Å². The molecule has 2 aromatic carbocycles. The van der Waals surface area contributed by atoms with Crippen molar-refractivity contribution in [2.45, 2.75) is 33.6 Å². The van der Waals surface area contributed by atoms with Gasteiger partial charge in [-0.05, 0) is 54.7 Å². The Labute approximate surface area is 169 Å². The van der Waals surface area contributed by atoms with Gasteiger partial charge in [0.05, 0.1) is 11.6 Å². The van der Waals surface area contributed by atoms with Crippen molar-refractivity contribution < 1.29 is 4.79 Å². The maximum atomic E-state index is 12.9. The molecule has 0 bridgehead atoms. The number of hydrogen-bond donors (Lipinski definition) is 1. The summed E-state index contributed by atoms with van der Waals surface area (Å²) in [5.41, 5.74) is 5.38. The number of rotatable bonds is 5. The maximum Gasteiger partial charge on any atom is 0.233 e. The fourth-order valence-electron chi connectivity index (χ4n) is 3.06. The van der Waals surface area contributed by atoms with Crippen LogP contribution in [0.3, 0.4) is 0 Å². The fourth-order valence-corrected chi connectivity index (χ4v) is 3.91. The Morgan fingerprint density at radius 1 is 1.07 bits per heavy atom. The van der Waals surface area contributed by atoms with Crippen LogP contribution in [0, 0.1) is 19.8 Å². The highest BCUT2D eigenvalue weighted by molar-refractivity contribution is 7.14. The van der Waals surface area contributed by atoms with Gasteiger partial charge in [0.2, 0.25) is 5.91 Å². The molecule has 0 spiro atoms. The van der Waals surface area contributed by atoms with Gasteiger partial charge in [0, 0.05) is 16.0 Å². The van der Waals surface area contributed by atoms with E-state index in [2.05, 4.69) is 42.3 Å². The van der Waals surface area contributed by atoms with Gasteiger partial charge in [-0.1, -0.05) is 49.7 Å². The first-order valence-electron chi connectivity index (χ1n) is 8.94. The predicted octanol–water partition coefficient (Wildman–Crippen LogP) is 6.46. The Kier molecular flexibility index (Phi) is 5.98. The molecular weight excluding hydrogens is 376 g/mol. The number of carbonyl (C=O) groups is 1. The van der Waals surface area contributed by atoms with Crippen molar-refractivity contribution in [3.63, 3.8) is 0 Å². The third kappa shape index (κ3) is 4.57. The summed E-state index contributed by atoms with van der Waals surface area (Å²) < 4.78 is 0. The molecule has 0 aliphatic heterocycles. The van der Waals surface area contributed by atoms with E-state index in [0.29, 0.717) is 10.2 Å². The molecule has 0 unspecified atom stereocenters. The Bertz CT molecular complexity index is 947. The summed E-state index contributed by atoms with van der Waals surface area (Å²) in [6, 6.07) is 13.7. The fraction of sp³-hybridized carbons (Fsp3) is 0.273. The highest BCUT2D eigenvalue weighted by atomic mass is 35.5. The number of halogens is 1. The normalized spacial score (nSPS) is 12.2. The molecule has 3 aromatic rings. The number of amides is 1. The second-order valence-electron chi connectivity index (χ2n) is 7.10. The summed E-state index contributed by atoms with van der Waals surface area (Å²) >= 11 is 7.42. The highest BCUT2D eigenvalue weighted by Crippen LogP contribution is 2.30. The third-order valence-corrected chi connectivity index (χ3v) is 5.72. The molecule has 0 aliphatic carbocycles. The van der Waals surface area contributed by atoms with E-state index in [1.54, 1.807) is 0 Å². The van der Waals surface area contributed by atoms with Crippen molar-refractivity contribution >= 4 is 34.0 Å².